The van der Waals surface area contributed by atoms with Crippen molar-refractivity contribution in [3.63, 3.8) is 0 Å². The van der Waals surface area contributed by atoms with Gasteiger partial charge in [-0.3, -0.25) is 9.69 Å². The lowest BCUT2D eigenvalue weighted by Crippen LogP contribution is -2.48. The second-order valence-electron chi connectivity index (χ2n) is 5.26. The first kappa shape index (κ1) is 15.0. The highest BCUT2D eigenvalue weighted by Gasteiger charge is 2.26. The molecule has 1 fully saturated rings. The van der Waals surface area contributed by atoms with Crippen LogP contribution in [0.5, 0.6) is 0 Å². The van der Waals surface area contributed by atoms with Gasteiger partial charge < -0.3 is 14.9 Å². The van der Waals surface area contributed by atoms with Gasteiger partial charge in [-0.2, -0.15) is 0 Å². The number of carbonyl (C=O) groups is 1. The third kappa shape index (κ3) is 3.79. The highest BCUT2D eigenvalue weighted by atomic mass is 16.5. The molecule has 1 aromatic rings. The Balaban J connectivity index is 2.10. The van der Waals surface area contributed by atoms with E-state index in [2.05, 4.69) is 11.8 Å². The normalized spacial score (nSPS) is 23.7. The summed E-state index contributed by atoms with van der Waals surface area (Å²) in [4.78, 5) is 13.1. The summed E-state index contributed by atoms with van der Waals surface area (Å²) >= 11 is 0. The van der Waals surface area contributed by atoms with Gasteiger partial charge in [-0.25, -0.2) is 0 Å². The monoisotopic (exact) mass is 279 g/mol. The Morgan fingerprint density at radius 1 is 1.40 bits per heavy atom. The van der Waals surface area contributed by atoms with Gasteiger partial charge in [0.05, 0.1) is 25.7 Å². The lowest BCUT2D eigenvalue weighted by Gasteiger charge is -2.37. The van der Waals surface area contributed by atoms with Crippen LogP contribution >= 0.6 is 0 Å². The zero-order chi connectivity index (χ0) is 14.5. The van der Waals surface area contributed by atoms with Gasteiger partial charge >= 0.3 is 5.97 Å². The first-order valence-corrected chi connectivity index (χ1v) is 6.85. The van der Waals surface area contributed by atoms with Gasteiger partial charge in [0.1, 0.15) is 0 Å². The Hall–Kier alpha value is -1.43. The second kappa shape index (κ2) is 6.83. The number of rotatable bonds is 5. The molecule has 2 atom stereocenters. The molecule has 5 nitrogen and oxygen atoms in total. The van der Waals surface area contributed by atoms with E-state index in [-0.39, 0.29) is 25.2 Å². The van der Waals surface area contributed by atoms with Crippen LogP contribution in [0, 0.1) is 0 Å². The number of hydrogen-bond acceptors (Lipinski definition) is 4. The van der Waals surface area contributed by atoms with Crippen molar-refractivity contribution in [3.05, 3.63) is 35.4 Å². The fraction of sp³-hybridized carbons (Fsp3) is 0.533. The van der Waals surface area contributed by atoms with Crippen LogP contribution < -0.4 is 0 Å². The number of carboxylic acids is 1. The molecule has 2 unspecified atom stereocenters. The predicted octanol–water partition coefficient (Wildman–Crippen LogP) is 0.895. The van der Waals surface area contributed by atoms with Crippen LogP contribution in [0.4, 0.5) is 0 Å². The fourth-order valence-corrected chi connectivity index (χ4v) is 2.47. The Bertz CT molecular complexity index is 463. The third-order valence-electron chi connectivity index (χ3n) is 3.67. The molecule has 2 N–H and O–H groups in total. The quantitative estimate of drug-likeness (QED) is 0.838. The molecule has 0 aromatic heterocycles. The summed E-state index contributed by atoms with van der Waals surface area (Å²) in [5, 5.41) is 18.2. The molecule has 1 aliphatic heterocycles. The largest absolute Gasteiger partial charge is 0.481 e. The van der Waals surface area contributed by atoms with Gasteiger partial charge in [-0.05, 0) is 18.1 Å². The number of benzene rings is 1. The third-order valence-corrected chi connectivity index (χ3v) is 3.67. The minimum Gasteiger partial charge on any atom is -0.481 e. The molecule has 2 rings (SSSR count). The highest BCUT2D eigenvalue weighted by Crippen LogP contribution is 2.18. The molecule has 1 saturated heterocycles. The molecule has 1 heterocycles. The van der Waals surface area contributed by atoms with Crippen LogP contribution in [0.3, 0.4) is 0 Å². The maximum absolute atomic E-state index is 10.9. The van der Waals surface area contributed by atoms with Gasteiger partial charge in [0.25, 0.3) is 0 Å². The van der Waals surface area contributed by atoms with Crippen molar-refractivity contribution in [2.24, 2.45) is 0 Å². The summed E-state index contributed by atoms with van der Waals surface area (Å²) in [6.45, 7) is 4.03. The van der Waals surface area contributed by atoms with Crippen molar-refractivity contribution in [2.45, 2.75) is 32.0 Å². The van der Waals surface area contributed by atoms with E-state index in [4.69, 9.17) is 9.84 Å². The molecule has 1 aromatic carbocycles. The van der Waals surface area contributed by atoms with Crippen LogP contribution in [-0.2, 0) is 22.5 Å². The van der Waals surface area contributed by atoms with Crippen molar-refractivity contribution in [1.82, 2.24) is 4.90 Å². The van der Waals surface area contributed by atoms with Crippen molar-refractivity contribution in [3.8, 4) is 0 Å². The van der Waals surface area contributed by atoms with Crippen LogP contribution in [0.1, 0.15) is 18.1 Å². The molecule has 0 radical (unpaired) electrons. The van der Waals surface area contributed by atoms with E-state index in [1.54, 1.807) is 0 Å². The van der Waals surface area contributed by atoms with Crippen LogP contribution in [0.25, 0.3) is 0 Å². The van der Waals surface area contributed by atoms with Crippen LogP contribution in [0.2, 0.25) is 0 Å². The molecule has 0 aliphatic carbocycles. The zero-order valence-corrected chi connectivity index (χ0v) is 11.7. The van der Waals surface area contributed by atoms with Gasteiger partial charge in [-0.1, -0.05) is 24.3 Å². The Labute approximate surface area is 118 Å². The number of aliphatic hydroxyl groups is 1. The summed E-state index contributed by atoms with van der Waals surface area (Å²) in [5.41, 5.74) is 1.87. The maximum Gasteiger partial charge on any atom is 0.307 e. The second-order valence-corrected chi connectivity index (χ2v) is 5.26. The van der Waals surface area contributed by atoms with Gasteiger partial charge in [-0.15, -0.1) is 0 Å². The topological polar surface area (TPSA) is 70.0 Å². The number of hydrogen-bond donors (Lipinski definition) is 2. The molecule has 0 spiro atoms. The van der Waals surface area contributed by atoms with E-state index >= 15 is 0 Å². The minimum atomic E-state index is -0.819. The Morgan fingerprint density at radius 3 is 2.75 bits per heavy atom. The summed E-state index contributed by atoms with van der Waals surface area (Å²) in [6.07, 6.45) is -0.115. The number of morpholine rings is 1. The van der Waals surface area contributed by atoms with E-state index < -0.39 is 5.97 Å². The summed E-state index contributed by atoms with van der Waals surface area (Å²) in [7, 11) is 0. The zero-order valence-electron chi connectivity index (χ0n) is 11.7. The lowest BCUT2D eigenvalue weighted by atomic mass is 10.0. The van der Waals surface area contributed by atoms with E-state index in [0.717, 1.165) is 11.1 Å². The fourth-order valence-electron chi connectivity index (χ4n) is 2.47. The molecular formula is C15H21NO4. The maximum atomic E-state index is 10.9. The van der Waals surface area contributed by atoms with E-state index in [1.807, 2.05) is 24.3 Å². The smallest absolute Gasteiger partial charge is 0.307 e. The van der Waals surface area contributed by atoms with Crippen LogP contribution in [-0.4, -0.2) is 53.0 Å². The van der Waals surface area contributed by atoms with E-state index in [1.165, 1.54) is 0 Å². The SMILES string of the molecule is CC1COC(CO)CN1Cc1ccccc1CC(=O)O. The Morgan fingerprint density at radius 2 is 2.10 bits per heavy atom. The average molecular weight is 279 g/mol. The van der Waals surface area contributed by atoms with Crippen LogP contribution in [0.15, 0.2) is 24.3 Å². The van der Waals surface area contributed by atoms with Crippen molar-refractivity contribution < 1.29 is 19.7 Å². The lowest BCUT2D eigenvalue weighted by molar-refractivity contribution is -0.136. The molecule has 5 heteroatoms. The van der Waals surface area contributed by atoms with E-state index in [0.29, 0.717) is 19.7 Å². The van der Waals surface area contributed by atoms with E-state index in [9.17, 15) is 9.90 Å². The molecule has 20 heavy (non-hydrogen) atoms. The molecular weight excluding hydrogens is 258 g/mol. The molecule has 110 valence electrons. The highest BCUT2D eigenvalue weighted by molar-refractivity contribution is 5.70. The Kier molecular flexibility index (Phi) is 5.11. The molecule has 1 aliphatic rings. The average Bonchev–Trinajstić information content (AvgIpc) is 2.43. The first-order chi connectivity index (χ1) is 9.60. The number of aliphatic carboxylic acids is 1. The van der Waals surface area contributed by atoms with Gasteiger partial charge in [0.2, 0.25) is 0 Å². The van der Waals surface area contributed by atoms with Crippen molar-refractivity contribution in [2.75, 3.05) is 19.8 Å². The summed E-state index contributed by atoms with van der Waals surface area (Å²) in [5.74, 6) is -0.819. The van der Waals surface area contributed by atoms with Crippen molar-refractivity contribution >= 4 is 5.97 Å². The standard InChI is InChI=1S/C15H21NO4/c1-11-10-20-14(9-17)8-16(11)7-13-5-3-2-4-12(13)6-15(18)19/h2-5,11,14,17H,6-10H2,1H3,(H,18,19). The summed E-state index contributed by atoms with van der Waals surface area (Å²) < 4.78 is 5.52. The van der Waals surface area contributed by atoms with Crippen molar-refractivity contribution in [1.29, 1.82) is 0 Å². The minimum absolute atomic E-state index is 0.0139. The molecule has 0 saturated carbocycles. The van der Waals surface area contributed by atoms with Gasteiger partial charge in [0.15, 0.2) is 0 Å². The molecule has 0 bridgehead atoms. The first-order valence-electron chi connectivity index (χ1n) is 6.85. The van der Waals surface area contributed by atoms with Gasteiger partial charge in [0, 0.05) is 19.1 Å². The predicted molar refractivity (Wildman–Crippen MR) is 74.5 cm³/mol. The number of nitrogens with zero attached hydrogens (tertiary/aromatic N) is 1. The molecule has 0 amide bonds. The number of carboxylic acid groups (broad SMARTS) is 1. The number of ether oxygens (including phenoxy) is 1. The summed E-state index contributed by atoms with van der Waals surface area (Å²) in [6, 6.07) is 7.87. The number of aliphatic hydroxyl groups excluding tert-OH is 1.